The molecule has 1 N–H and O–H groups in total. The molecule has 5 nitrogen and oxygen atoms in total. The van der Waals surface area contributed by atoms with Gasteiger partial charge in [-0.1, -0.05) is 41.9 Å². The highest BCUT2D eigenvalue weighted by Gasteiger charge is 2.30. The van der Waals surface area contributed by atoms with Gasteiger partial charge in [0.15, 0.2) is 0 Å². The third kappa shape index (κ3) is 5.13. The minimum atomic E-state index is -3.51. The van der Waals surface area contributed by atoms with Gasteiger partial charge >= 0.3 is 0 Å². The number of sulfonamides is 1. The molecule has 28 heavy (non-hydrogen) atoms. The van der Waals surface area contributed by atoms with Crippen molar-refractivity contribution in [2.45, 2.75) is 37.1 Å². The minimum Gasteiger partial charge on any atom is -0.350 e. The van der Waals surface area contributed by atoms with Gasteiger partial charge < -0.3 is 5.32 Å². The predicted molar refractivity (Wildman–Crippen MR) is 111 cm³/mol. The van der Waals surface area contributed by atoms with Crippen LogP contribution in [-0.4, -0.2) is 31.7 Å². The number of carbonyl (C=O) groups is 1. The summed E-state index contributed by atoms with van der Waals surface area (Å²) in [7, 11) is -3.51. The van der Waals surface area contributed by atoms with Gasteiger partial charge in [0, 0.05) is 24.5 Å². The average Bonchev–Trinajstić information content (AvgIpc) is 2.69. The molecule has 0 aromatic heterocycles. The van der Waals surface area contributed by atoms with Gasteiger partial charge in [0.1, 0.15) is 0 Å². The van der Waals surface area contributed by atoms with Crippen molar-refractivity contribution in [1.29, 1.82) is 0 Å². The molecule has 1 heterocycles. The van der Waals surface area contributed by atoms with Crippen molar-refractivity contribution < 1.29 is 13.2 Å². The van der Waals surface area contributed by atoms with E-state index in [0.717, 1.165) is 5.56 Å². The highest BCUT2D eigenvalue weighted by Crippen LogP contribution is 2.26. The van der Waals surface area contributed by atoms with Crippen molar-refractivity contribution in [3.8, 4) is 0 Å². The van der Waals surface area contributed by atoms with Crippen molar-refractivity contribution in [2.75, 3.05) is 13.1 Å². The molecule has 1 aliphatic heterocycles. The van der Waals surface area contributed by atoms with Crippen molar-refractivity contribution in [1.82, 2.24) is 9.62 Å². The number of benzene rings is 2. The lowest BCUT2D eigenvalue weighted by Gasteiger charge is -2.31. The summed E-state index contributed by atoms with van der Waals surface area (Å²) in [4.78, 5) is 12.6. The SMILES string of the molecule is CC(NC(=O)CC1CCN(S(=O)(=O)c2ccc(Cl)cc2)CC1)c1ccccc1. The molecule has 3 rings (SSSR count). The lowest BCUT2D eigenvalue weighted by molar-refractivity contribution is -0.122. The standard InChI is InChI=1S/C21H25ClN2O3S/c1-16(18-5-3-2-4-6-18)23-21(25)15-17-11-13-24(14-12-17)28(26,27)20-9-7-19(22)8-10-20/h2-10,16-17H,11-15H2,1H3,(H,23,25). The van der Waals surface area contributed by atoms with Crippen LogP contribution in [0.1, 0.15) is 37.8 Å². The van der Waals surface area contributed by atoms with Crippen LogP contribution < -0.4 is 5.32 Å². The molecule has 1 fully saturated rings. The average molecular weight is 421 g/mol. The van der Waals surface area contributed by atoms with Crippen LogP contribution in [0.5, 0.6) is 0 Å². The summed E-state index contributed by atoms with van der Waals surface area (Å²) in [6.45, 7) is 2.82. The largest absolute Gasteiger partial charge is 0.350 e. The van der Waals surface area contributed by atoms with Crippen molar-refractivity contribution in [2.24, 2.45) is 5.92 Å². The maximum Gasteiger partial charge on any atom is 0.243 e. The Bertz CT molecular complexity index is 893. The fraction of sp³-hybridized carbons (Fsp3) is 0.381. The quantitative estimate of drug-likeness (QED) is 0.767. The highest BCUT2D eigenvalue weighted by molar-refractivity contribution is 7.89. The van der Waals surface area contributed by atoms with Crippen LogP contribution in [0.4, 0.5) is 0 Å². The maximum absolute atomic E-state index is 12.7. The number of carbonyl (C=O) groups excluding carboxylic acids is 1. The molecule has 1 saturated heterocycles. The summed E-state index contributed by atoms with van der Waals surface area (Å²) in [5.41, 5.74) is 1.07. The van der Waals surface area contributed by atoms with E-state index >= 15 is 0 Å². The van der Waals surface area contributed by atoms with Gasteiger partial charge in [0.05, 0.1) is 10.9 Å². The van der Waals surface area contributed by atoms with E-state index in [1.807, 2.05) is 37.3 Å². The van der Waals surface area contributed by atoms with Crippen molar-refractivity contribution in [3.05, 3.63) is 65.2 Å². The smallest absolute Gasteiger partial charge is 0.243 e. The van der Waals surface area contributed by atoms with E-state index in [4.69, 9.17) is 11.6 Å². The number of nitrogens with zero attached hydrogens (tertiary/aromatic N) is 1. The van der Waals surface area contributed by atoms with Gasteiger partial charge in [-0.25, -0.2) is 8.42 Å². The van der Waals surface area contributed by atoms with Gasteiger partial charge in [-0.05, 0) is 55.5 Å². The molecule has 1 unspecified atom stereocenters. The molecule has 2 aromatic rings. The van der Waals surface area contributed by atoms with Crippen LogP contribution in [0, 0.1) is 5.92 Å². The van der Waals surface area contributed by atoms with E-state index in [9.17, 15) is 13.2 Å². The molecule has 0 radical (unpaired) electrons. The summed E-state index contributed by atoms with van der Waals surface area (Å²) < 4.78 is 27.0. The molecule has 1 atom stereocenters. The third-order valence-electron chi connectivity index (χ3n) is 5.18. The predicted octanol–water partition coefficient (Wildman–Crippen LogP) is 4.01. The minimum absolute atomic E-state index is 0.00959. The molecule has 1 amide bonds. The number of piperidine rings is 1. The van der Waals surface area contributed by atoms with E-state index < -0.39 is 10.0 Å². The van der Waals surface area contributed by atoms with E-state index in [-0.39, 0.29) is 22.8 Å². The fourth-order valence-corrected chi connectivity index (χ4v) is 5.09. The van der Waals surface area contributed by atoms with Crippen molar-refractivity contribution in [3.63, 3.8) is 0 Å². The Morgan fingerprint density at radius 2 is 1.71 bits per heavy atom. The zero-order chi connectivity index (χ0) is 20.1. The molecular formula is C21H25ClN2O3S. The molecule has 0 saturated carbocycles. The Labute approximate surface area is 171 Å². The second kappa shape index (κ2) is 9.07. The molecule has 0 bridgehead atoms. The Morgan fingerprint density at radius 3 is 2.32 bits per heavy atom. The molecule has 7 heteroatoms. The molecular weight excluding hydrogens is 396 g/mol. The first kappa shape index (κ1) is 20.8. The van der Waals surface area contributed by atoms with Crippen LogP contribution in [0.25, 0.3) is 0 Å². The second-order valence-electron chi connectivity index (χ2n) is 7.21. The zero-order valence-electron chi connectivity index (χ0n) is 15.8. The number of amides is 1. The number of rotatable bonds is 6. The summed E-state index contributed by atoms with van der Waals surface area (Å²) in [5, 5.41) is 3.54. The Kier molecular flexibility index (Phi) is 6.75. The third-order valence-corrected chi connectivity index (χ3v) is 7.34. The van der Waals surface area contributed by atoms with Crippen LogP contribution in [-0.2, 0) is 14.8 Å². The summed E-state index contributed by atoms with van der Waals surface area (Å²) in [6.07, 6.45) is 1.78. The lowest BCUT2D eigenvalue weighted by Crippen LogP contribution is -2.39. The normalized spacial score (nSPS) is 17.2. The monoisotopic (exact) mass is 420 g/mol. The number of nitrogens with one attached hydrogen (secondary N) is 1. The van der Waals surface area contributed by atoms with Crippen LogP contribution in [0.15, 0.2) is 59.5 Å². The van der Waals surface area contributed by atoms with Crippen LogP contribution >= 0.6 is 11.6 Å². The number of hydrogen-bond donors (Lipinski definition) is 1. The first-order valence-electron chi connectivity index (χ1n) is 9.46. The van der Waals surface area contributed by atoms with Crippen molar-refractivity contribution >= 4 is 27.5 Å². The summed E-state index contributed by atoms with van der Waals surface area (Å²) >= 11 is 5.84. The first-order chi connectivity index (χ1) is 13.4. The zero-order valence-corrected chi connectivity index (χ0v) is 17.4. The molecule has 1 aliphatic rings. The maximum atomic E-state index is 12.7. The Hall–Kier alpha value is -1.89. The molecule has 0 aliphatic carbocycles. The lowest BCUT2D eigenvalue weighted by atomic mass is 9.94. The summed E-state index contributed by atoms with van der Waals surface area (Å²) in [5.74, 6) is 0.204. The topological polar surface area (TPSA) is 66.5 Å². The molecule has 0 spiro atoms. The Balaban J connectivity index is 1.51. The van der Waals surface area contributed by atoms with Crippen LogP contribution in [0.2, 0.25) is 5.02 Å². The van der Waals surface area contributed by atoms with E-state index in [1.165, 1.54) is 16.4 Å². The number of halogens is 1. The van der Waals surface area contributed by atoms with Gasteiger partial charge in [-0.15, -0.1) is 0 Å². The van der Waals surface area contributed by atoms with Gasteiger partial charge in [-0.2, -0.15) is 4.31 Å². The van der Waals surface area contributed by atoms with Gasteiger partial charge in [0.25, 0.3) is 0 Å². The van der Waals surface area contributed by atoms with E-state index in [1.54, 1.807) is 12.1 Å². The number of hydrogen-bond acceptors (Lipinski definition) is 3. The fourth-order valence-electron chi connectivity index (χ4n) is 3.50. The van der Waals surface area contributed by atoms with Gasteiger partial charge in [-0.3, -0.25) is 4.79 Å². The first-order valence-corrected chi connectivity index (χ1v) is 11.3. The summed E-state index contributed by atoms with van der Waals surface area (Å²) in [6, 6.07) is 16.0. The Morgan fingerprint density at radius 1 is 1.11 bits per heavy atom. The van der Waals surface area contributed by atoms with Crippen LogP contribution in [0.3, 0.4) is 0 Å². The van der Waals surface area contributed by atoms with E-state index in [0.29, 0.717) is 37.4 Å². The van der Waals surface area contributed by atoms with E-state index in [2.05, 4.69) is 5.32 Å². The molecule has 2 aromatic carbocycles. The highest BCUT2D eigenvalue weighted by atomic mass is 35.5. The van der Waals surface area contributed by atoms with Gasteiger partial charge in [0.2, 0.25) is 15.9 Å². The second-order valence-corrected chi connectivity index (χ2v) is 9.58. The molecule has 150 valence electrons.